The van der Waals surface area contributed by atoms with Gasteiger partial charge in [-0.1, -0.05) is 24.2 Å². The van der Waals surface area contributed by atoms with Gasteiger partial charge in [-0.3, -0.25) is 0 Å². The molecule has 0 bridgehead atoms. The normalized spacial score (nSPS) is 20.5. The third-order valence-electron chi connectivity index (χ3n) is 4.73. The van der Waals surface area contributed by atoms with Crippen LogP contribution < -0.4 is 10.6 Å². The topological polar surface area (TPSA) is 56.3 Å². The van der Waals surface area contributed by atoms with Crippen molar-refractivity contribution in [3.8, 4) is 0 Å². The molecule has 1 aromatic heterocycles. The summed E-state index contributed by atoms with van der Waals surface area (Å²) in [5.41, 5.74) is 0. The Morgan fingerprint density at radius 1 is 0.696 bits per heavy atom. The molecule has 3 heterocycles. The molecule has 3 rings (SSSR count). The summed E-state index contributed by atoms with van der Waals surface area (Å²) < 4.78 is 0. The summed E-state index contributed by atoms with van der Waals surface area (Å²) in [6, 6.07) is 0. The van der Waals surface area contributed by atoms with Crippen molar-refractivity contribution < 1.29 is 0 Å². The van der Waals surface area contributed by atoms with Gasteiger partial charge >= 0.3 is 0 Å². The predicted octanol–water partition coefficient (Wildman–Crippen LogP) is 2.33. The summed E-state index contributed by atoms with van der Waals surface area (Å²) >= 11 is 1.62. The van der Waals surface area contributed by atoms with Crippen LogP contribution in [-0.4, -0.2) is 72.4 Å². The summed E-state index contributed by atoms with van der Waals surface area (Å²) in [7, 11) is 0. The highest BCUT2D eigenvalue weighted by Gasteiger charge is 2.11. The van der Waals surface area contributed by atoms with Crippen LogP contribution in [0.25, 0.3) is 0 Å². The maximum atomic E-state index is 4.23. The lowest BCUT2D eigenvalue weighted by Gasteiger charge is -2.26. The van der Waals surface area contributed by atoms with Gasteiger partial charge in [-0.2, -0.15) is 0 Å². The van der Waals surface area contributed by atoms with Crippen LogP contribution in [0.3, 0.4) is 0 Å². The molecule has 0 radical (unpaired) electrons. The van der Waals surface area contributed by atoms with E-state index in [0.717, 1.165) is 36.4 Å². The largest absolute Gasteiger partial charge is 0.359 e. The van der Waals surface area contributed by atoms with E-state index >= 15 is 0 Å². The number of piperidine rings is 2. The van der Waals surface area contributed by atoms with Crippen molar-refractivity contribution in [3.63, 3.8) is 0 Å². The van der Waals surface area contributed by atoms with Gasteiger partial charge in [-0.15, -0.1) is 10.2 Å². The van der Waals surface area contributed by atoms with E-state index in [0.29, 0.717) is 0 Å². The zero-order valence-electron chi connectivity index (χ0n) is 14.1. The van der Waals surface area contributed by atoms with Crippen molar-refractivity contribution in [1.82, 2.24) is 20.0 Å². The summed E-state index contributed by atoms with van der Waals surface area (Å²) in [6.07, 6.45) is 8.20. The predicted molar refractivity (Wildman–Crippen MR) is 97.5 cm³/mol. The Hall–Kier alpha value is -0.920. The van der Waals surface area contributed by atoms with Crippen LogP contribution in [0, 0.1) is 0 Å². The zero-order valence-corrected chi connectivity index (χ0v) is 14.9. The quantitative estimate of drug-likeness (QED) is 0.759. The Labute approximate surface area is 143 Å². The molecule has 2 aliphatic rings. The van der Waals surface area contributed by atoms with Crippen LogP contribution in [-0.2, 0) is 0 Å². The van der Waals surface area contributed by atoms with Crippen LogP contribution in [0.2, 0.25) is 0 Å². The fourth-order valence-corrected chi connectivity index (χ4v) is 4.07. The second kappa shape index (κ2) is 9.39. The maximum absolute atomic E-state index is 4.23. The summed E-state index contributed by atoms with van der Waals surface area (Å²) in [5, 5.41) is 17.1. The lowest BCUT2D eigenvalue weighted by atomic mass is 10.1. The average molecular weight is 339 g/mol. The number of hydrogen-bond acceptors (Lipinski definition) is 7. The second-order valence-electron chi connectivity index (χ2n) is 6.57. The molecule has 6 nitrogen and oxygen atoms in total. The first-order valence-electron chi connectivity index (χ1n) is 9.16. The lowest BCUT2D eigenvalue weighted by Crippen LogP contribution is -2.33. The Morgan fingerprint density at radius 3 is 1.57 bits per heavy atom. The van der Waals surface area contributed by atoms with Gasteiger partial charge in [0.05, 0.1) is 0 Å². The van der Waals surface area contributed by atoms with E-state index in [-0.39, 0.29) is 0 Å². The molecule has 0 amide bonds. The van der Waals surface area contributed by atoms with Crippen LogP contribution >= 0.6 is 11.3 Å². The van der Waals surface area contributed by atoms with Gasteiger partial charge in [0, 0.05) is 26.2 Å². The third kappa shape index (κ3) is 5.90. The highest BCUT2D eigenvalue weighted by molar-refractivity contribution is 7.19. The SMILES string of the molecule is C1CCN(CCNc2nnc(NCCN3CCCCC3)s2)CC1. The smallest absolute Gasteiger partial charge is 0.207 e. The molecule has 130 valence electrons. The van der Waals surface area contributed by atoms with E-state index in [1.807, 2.05) is 0 Å². The van der Waals surface area contributed by atoms with Gasteiger partial charge in [-0.05, 0) is 51.9 Å². The van der Waals surface area contributed by atoms with Crippen molar-refractivity contribution in [3.05, 3.63) is 0 Å². The molecular weight excluding hydrogens is 308 g/mol. The maximum Gasteiger partial charge on any atom is 0.207 e. The molecule has 0 spiro atoms. The standard InChI is InChI=1S/C16H30N6S/c1-3-9-21(10-4-1)13-7-17-15-19-20-16(23-15)18-8-14-22-11-5-2-6-12-22/h1-14H2,(H,17,19)(H,18,20). The number of anilines is 2. The van der Waals surface area contributed by atoms with Crippen molar-refractivity contribution in [1.29, 1.82) is 0 Å². The second-order valence-corrected chi connectivity index (χ2v) is 7.55. The number of nitrogens with one attached hydrogen (secondary N) is 2. The molecule has 0 saturated carbocycles. The fraction of sp³-hybridized carbons (Fsp3) is 0.875. The van der Waals surface area contributed by atoms with Gasteiger partial charge in [0.1, 0.15) is 0 Å². The van der Waals surface area contributed by atoms with E-state index < -0.39 is 0 Å². The number of nitrogens with zero attached hydrogens (tertiary/aromatic N) is 4. The van der Waals surface area contributed by atoms with E-state index in [2.05, 4.69) is 30.6 Å². The minimum atomic E-state index is 0.933. The molecule has 2 saturated heterocycles. The summed E-state index contributed by atoms with van der Waals surface area (Å²) in [4.78, 5) is 5.07. The molecule has 1 aromatic rings. The molecule has 7 heteroatoms. The van der Waals surface area contributed by atoms with Gasteiger partial charge in [0.2, 0.25) is 10.3 Å². The lowest BCUT2D eigenvalue weighted by molar-refractivity contribution is 0.237. The van der Waals surface area contributed by atoms with E-state index in [9.17, 15) is 0 Å². The van der Waals surface area contributed by atoms with Gasteiger partial charge in [-0.25, -0.2) is 0 Å². The van der Waals surface area contributed by atoms with Crippen molar-refractivity contribution >= 4 is 21.6 Å². The Balaban J connectivity index is 1.29. The van der Waals surface area contributed by atoms with E-state index in [1.54, 1.807) is 11.3 Å². The minimum absolute atomic E-state index is 0.933. The average Bonchev–Trinajstić information content (AvgIpc) is 3.05. The number of aromatic nitrogens is 2. The molecule has 2 fully saturated rings. The molecule has 0 unspecified atom stereocenters. The van der Waals surface area contributed by atoms with Gasteiger partial charge < -0.3 is 20.4 Å². The van der Waals surface area contributed by atoms with Crippen molar-refractivity contribution in [2.45, 2.75) is 38.5 Å². The summed E-state index contributed by atoms with van der Waals surface area (Å²) in [5.74, 6) is 0. The molecule has 23 heavy (non-hydrogen) atoms. The minimum Gasteiger partial charge on any atom is -0.359 e. The molecule has 2 N–H and O–H groups in total. The number of rotatable bonds is 8. The van der Waals surface area contributed by atoms with Crippen LogP contribution in [0.15, 0.2) is 0 Å². The molecular formula is C16H30N6S. The zero-order chi connectivity index (χ0) is 15.7. The fourth-order valence-electron chi connectivity index (χ4n) is 3.37. The molecule has 0 atom stereocenters. The third-order valence-corrected chi connectivity index (χ3v) is 5.57. The van der Waals surface area contributed by atoms with Crippen LogP contribution in [0.1, 0.15) is 38.5 Å². The highest BCUT2D eigenvalue weighted by atomic mass is 32.1. The van der Waals surface area contributed by atoms with E-state index in [4.69, 9.17) is 0 Å². The first kappa shape index (κ1) is 16.9. The van der Waals surface area contributed by atoms with Gasteiger partial charge in [0.25, 0.3) is 0 Å². The molecule has 0 aromatic carbocycles. The Kier molecular flexibility index (Phi) is 6.91. The first-order chi connectivity index (χ1) is 11.4. The molecule has 2 aliphatic heterocycles. The molecule has 0 aliphatic carbocycles. The highest BCUT2D eigenvalue weighted by Crippen LogP contribution is 2.19. The number of hydrogen-bond donors (Lipinski definition) is 2. The Bertz CT molecular complexity index is 401. The van der Waals surface area contributed by atoms with Crippen molar-refractivity contribution in [2.75, 3.05) is 63.0 Å². The van der Waals surface area contributed by atoms with Crippen LogP contribution in [0.4, 0.5) is 10.3 Å². The first-order valence-corrected chi connectivity index (χ1v) is 9.98. The number of likely N-dealkylation sites (tertiary alicyclic amines) is 2. The summed E-state index contributed by atoms with van der Waals surface area (Å²) in [6.45, 7) is 9.14. The van der Waals surface area contributed by atoms with Gasteiger partial charge in [0.15, 0.2) is 0 Å². The van der Waals surface area contributed by atoms with Crippen molar-refractivity contribution in [2.24, 2.45) is 0 Å². The Morgan fingerprint density at radius 2 is 1.13 bits per heavy atom. The monoisotopic (exact) mass is 338 g/mol. The van der Waals surface area contributed by atoms with Crippen LogP contribution in [0.5, 0.6) is 0 Å². The van der Waals surface area contributed by atoms with E-state index in [1.165, 1.54) is 64.7 Å².